The SMILES string of the molecule is NCCCCCCCC(N)(Cc1ccccc1)Cc1ccccc1. The summed E-state index contributed by atoms with van der Waals surface area (Å²) in [6, 6.07) is 21.3. The lowest BCUT2D eigenvalue weighted by Crippen LogP contribution is -2.44. The van der Waals surface area contributed by atoms with Crippen LogP contribution in [0.15, 0.2) is 60.7 Å². The second kappa shape index (κ2) is 10.3. The van der Waals surface area contributed by atoms with E-state index in [4.69, 9.17) is 11.5 Å². The topological polar surface area (TPSA) is 52.0 Å². The third-order valence-electron chi connectivity index (χ3n) is 4.68. The minimum atomic E-state index is -0.170. The van der Waals surface area contributed by atoms with Gasteiger partial charge in [0.2, 0.25) is 0 Å². The van der Waals surface area contributed by atoms with Crippen molar-refractivity contribution in [3.05, 3.63) is 71.8 Å². The summed E-state index contributed by atoms with van der Waals surface area (Å²) in [6.07, 6.45) is 9.04. The van der Waals surface area contributed by atoms with Crippen molar-refractivity contribution in [1.82, 2.24) is 0 Å². The smallest absolute Gasteiger partial charge is 0.0235 e. The summed E-state index contributed by atoms with van der Waals surface area (Å²) in [6.45, 7) is 0.808. The van der Waals surface area contributed by atoms with Crippen LogP contribution in [-0.2, 0) is 12.8 Å². The molecule has 130 valence electrons. The van der Waals surface area contributed by atoms with Crippen LogP contribution in [0.5, 0.6) is 0 Å². The molecular formula is C22H32N2. The van der Waals surface area contributed by atoms with E-state index < -0.39 is 0 Å². The number of unbranched alkanes of at least 4 members (excludes halogenated alkanes) is 4. The van der Waals surface area contributed by atoms with Crippen LogP contribution in [-0.4, -0.2) is 12.1 Å². The highest BCUT2D eigenvalue weighted by Crippen LogP contribution is 2.23. The minimum absolute atomic E-state index is 0.170. The molecule has 0 aliphatic heterocycles. The highest BCUT2D eigenvalue weighted by molar-refractivity contribution is 5.22. The fraction of sp³-hybridized carbons (Fsp3) is 0.455. The summed E-state index contributed by atoms with van der Waals surface area (Å²) in [5, 5.41) is 0. The molecule has 0 amide bonds. The Morgan fingerprint density at radius 1 is 0.625 bits per heavy atom. The molecule has 0 spiro atoms. The summed E-state index contributed by atoms with van der Waals surface area (Å²) >= 11 is 0. The Kier molecular flexibility index (Phi) is 8.00. The Labute approximate surface area is 147 Å². The maximum atomic E-state index is 6.88. The first-order chi connectivity index (χ1) is 11.7. The highest BCUT2D eigenvalue weighted by Gasteiger charge is 2.25. The second-order valence-electron chi connectivity index (χ2n) is 6.99. The third-order valence-corrected chi connectivity index (χ3v) is 4.68. The summed E-state index contributed by atoms with van der Waals surface area (Å²) in [7, 11) is 0. The average Bonchev–Trinajstić information content (AvgIpc) is 2.60. The zero-order valence-electron chi connectivity index (χ0n) is 14.8. The lowest BCUT2D eigenvalue weighted by atomic mass is 9.81. The molecule has 0 saturated carbocycles. The van der Waals surface area contributed by atoms with Gasteiger partial charge in [0.15, 0.2) is 0 Å². The maximum Gasteiger partial charge on any atom is 0.0235 e. The first-order valence-corrected chi connectivity index (χ1v) is 9.29. The van der Waals surface area contributed by atoms with Gasteiger partial charge in [-0.15, -0.1) is 0 Å². The molecule has 0 saturated heterocycles. The zero-order chi connectivity index (χ0) is 17.1. The van der Waals surface area contributed by atoms with Crippen LogP contribution >= 0.6 is 0 Å². The van der Waals surface area contributed by atoms with Gasteiger partial charge in [0.25, 0.3) is 0 Å². The largest absolute Gasteiger partial charge is 0.330 e. The number of hydrogen-bond donors (Lipinski definition) is 2. The fourth-order valence-corrected chi connectivity index (χ4v) is 3.40. The van der Waals surface area contributed by atoms with Crippen molar-refractivity contribution in [1.29, 1.82) is 0 Å². The van der Waals surface area contributed by atoms with Gasteiger partial charge in [-0.3, -0.25) is 0 Å². The molecular weight excluding hydrogens is 292 g/mol. The Bertz CT molecular complexity index is 509. The van der Waals surface area contributed by atoms with Crippen molar-refractivity contribution < 1.29 is 0 Å². The lowest BCUT2D eigenvalue weighted by Gasteiger charge is -2.30. The molecule has 0 bridgehead atoms. The van der Waals surface area contributed by atoms with E-state index in [1.54, 1.807) is 0 Å². The average molecular weight is 325 g/mol. The van der Waals surface area contributed by atoms with Crippen molar-refractivity contribution >= 4 is 0 Å². The van der Waals surface area contributed by atoms with Crippen LogP contribution in [0.25, 0.3) is 0 Å². The normalized spacial score (nSPS) is 11.6. The Morgan fingerprint density at radius 3 is 1.58 bits per heavy atom. The van der Waals surface area contributed by atoms with Crippen LogP contribution in [0.1, 0.15) is 49.7 Å². The molecule has 2 nitrogen and oxygen atoms in total. The quantitative estimate of drug-likeness (QED) is 0.599. The molecule has 0 unspecified atom stereocenters. The molecule has 0 atom stereocenters. The number of nitrogens with two attached hydrogens (primary N) is 2. The monoisotopic (exact) mass is 324 g/mol. The van der Waals surface area contributed by atoms with Gasteiger partial charge in [-0.25, -0.2) is 0 Å². The molecule has 2 aromatic rings. The van der Waals surface area contributed by atoms with Gasteiger partial charge < -0.3 is 11.5 Å². The summed E-state index contributed by atoms with van der Waals surface area (Å²) in [5.41, 5.74) is 14.9. The van der Waals surface area contributed by atoms with Crippen molar-refractivity contribution in [2.45, 2.75) is 56.9 Å². The number of hydrogen-bond acceptors (Lipinski definition) is 2. The minimum Gasteiger partial charge on any atom is -0.330 e. The van der Waals surface area contributed by atoms with E-state index in [1.165, 1.54) is 36.8 Å². The molecule has 2 rings (SSSR count). The van der Waals surface area contributed by atoms with E-state index in [1.807, 2.05) is 0 Å². The van der Waals surface area contributed by atoms with Crippen LogP contribution in [0.2, 0.25) is 0 Å². The molecule has 0 fully saturated rings. The van der Waals surface area contributed by atoms with E-state index in [0.29, 0.717) is 0 Å². The molecule has 4 N–H and O–H groups in total. The van der Waals surface area contributed by atoms with Crippen molar-refractivity contribution in [3.8, 4) is 0 Å². The van der Waals surface area contributed by atoms with Gasteiger partial charge in [0, 0.05) is 5.54 Å². The Balaban J connectivity index is 1.95. The third kappa shape index (κ3) is 6.86. The van der Waals surface area contributed by atoms with Crippen LogP contribution in [0.3, 0.4) is 0 Å². The van der Waals surface area contributed by atoms with Gasteiger partial charge in [-0.05, 0) is 43.4 Å². The standard InChI is InChI=1S/C22H32N2/c23-17-11-3-1-2-10-16-22(24,18-20-12-6-4-7-13-20)19-21-14-8-5-9-15-21/h4-9,12-15H,1-3,10-11,16-19,23-24H2. The van der Waals surface area contributed by atoms with Crippen LogP contribution in [0.4, 0.5) is 0 Å². The first kappa shape index (κ1) is 18.7. The Hall–Kier alpha value is -1.64. The molecule has 2 aromatic carbocycles. The summed E-state index contributed by atoms with van der Waals surface area (Å²) in [4.78, 5) is 0. The maximum absolute atomic E-state index is 6.88. The molecule has 0 radical (unpaired) electrons. The van der Waals surface area contributed by atoms with E-state index >= 15 is 0 Å². The zero-order valence-corrected chi connectivity index (χ0v) is 14.8. The van der Waals surface area contributed by atoms with Gasteiger partial charge in [0.1, 0.15) is 0 Å². The molecule has 0 heterocycles. The predicted octanol–water partition coefficient (Wildman–Crippen LogP) is 4.47. The van der Waals surface area contributed by atoms with E-state index in [0.717, 1.165) is 32.2 Å². The number of benzene rings is 2. The van der Waals surface area contributed by atoms with Crippen LogP contribution in [0, 0.1) is 0 Å². The van der Waals surface area contributed by atoms with Crippen molar-refractivity contribution in [2.75, 3.05) is 6.54 Å². The van der Waals surface area contributed by atoms with Gasteiger partial charge >= 0.3 is 0 Å². The van der Waals surface area contributed by atoms with Crippen molar-refractivity contribution in [2.24, 2.45) is 11.5 Å². The highest BCUT2D eigenvalue weighted by atomic mass is 14.7. The molecule has 0 aromatic heterocycles. The molecule has 0 aliphatic carbocycles. The van der Waals surface area contributed by atoms with E-state index in [9.17, 15) is 0 Å². The molecule has 2 heteroatoms. The predicted molar refractivity (Wildman–Crippen MR) is 104 cm³/mol. The number of rotatable bonds is 11. The second-order valence-corrected chi connectivity index (χ2v) is 6.99. The van der Waals surface area contributed by atoms with E-state index in [-0.39, 0.29) is 5.54 Å². The van der Waals surface area contributed by atoms with E-state index in [2.05, 4.69) is 60.7 Å². The summed E-state index contributed by atoms with van der Waals surface area (Å²) in [5.74, 6) is 0. The van der Waals surface area contributed by atoms with Crippen molar-refractivity contribution in [3.63, 3.8) is 0 Å². The molecule has 0 aliphatic rings. The van der Waals surface area contributed by atoms with Gasteiger partial charge in [-0.1, -0.05) is 86.3 Å². The lowest BCUT2D eigenvalue weighted by molar-refractivity contribution is 0.368. The van der Waals surface area contributed by atoms with Gasteiger partial charge in [-0.2, -0.15) is 0 Å². The van der Waals surface area contributed by atoms with Gasteiger partial charge in [0.05, 0.1) is 0 Å². The molecule has 24 heavy (non-hydrogen) atoms. The first-order valence-electron chi connectivity index (χ1n) is 9.29. The Morgan fingerprint density at radius 2 is 1.08 bits per heavy atom. The van der Waals surface area contributed by atoms with Crippen LogP contribution < -0.4 is 11.5 Å². The fourth-order valence-electron chi connectivity index (χ4n) is 3.40. The summed E-state index contributed by atoms with van der Waals surface area (Å²) < 4.78 is 0.